The number of rotatable bonds is 12. The minimum atomic E-state index is -0.714. The van der Waals surface area contributed by atoms with Crippen LogP contribution in [0.5, 0.6) is 23.0 Å². The summed E-state index contributed by atoms with van der Waals surface area (Å²) in [7, 11) is 4.47. The van der Waals surface area contributed by atoms with E-state index in [0.29, 0.717) is 34.9 Å². The highest BCUT2D eigenvalue weighted by molar-refractivity contribution is 5.89. The molecule has 3 rings (SSSR count). The van der Waals surface area contributed by atoms with E-state index in [-0.39, 0.29) is 11.8 Å². The molecule has 1 heterocycles. The number of nitrogens with one attached hydrogen (secondary N) is 1. The molecule has 2 unspecified atom stereocenters. The van der Waals surface area contributed by atoms with Crippen LogP contribution < -0.4 is 19.5 Å². The number of hydrogen-bond acceptors (Lipinski definition) is 7. The van der Waals surface area contributed by atoms with Gasteiger partial charge in [0.2, 0.25) is 5.91 Å². The second-order valence-electron chi connectivity index (χ2n) is 8.51. The molecule has 3 aromatic rings. The molecule has 0 saturated carbocycles. The molecule has 1 aromatic heterocycles. The zero-order valence-electron chi connectivity index (χ0n) is 21.5. The van der Waals surface area contributed by atoms with E-state index in [1.54, 1.807) is 39.5 Å². The Kier molecular flexibility index (Phi) is 9.50. The molecule has 0 fully saturated rings. The summed E-state index contributed by atoms with van der Waals surface area (Å²) >= 11 is 0. The van der Waals surface area contributed by atoms with Gasteiger partial charge in [-0.05, 0) is 43.2 Å². The van der Waals surface area contributed by atoms with Crippen molar-refractivity contribution in [3.63, 3.8) is 0 Å². The number of pyridine rings is 1. The smallest absolute Gasteiger partial charge is 0.328 e. The lowest BCUT2D eigenvalue weighted by molar-refractivity contribution is -0.144. The van der Waals surface area contributed by atoms with E-state index in [4.69, 9.17) is 18.9 Å². The predicted molar refractivity (Wildman–Crippen MR) is 138 cm³/mol. The van der Waals surface area contributed by atoms with Gasteiger partial charge in [-0.1, -0.05) is 38.3 Å². The molecular formula is C28H34N2O6. The van der Waals surface area contributed by atoms with E-state index in [0.717, 1.165) is 30.2 Å². The summed E-state index contributed by atoms with van der Waals surface area (Å²) in [6, 6.07) is 12.2. The molecule has 0 aliphatic carbocycles. The largest absolute Gasteiger partial charge is 0.493 e. The van der Waals surface area contributed by atoms with Crippen LogP contribution in [-0.2, 0) is 14.3 Å². The normalized spacial score (nSPS) is 12.5. The predicted octanol–water partition coefficient (Wildman–Crippen LogP) is 5.39. The summed E-state index contributed by atoms with van der Waals surface area (Å²) in [5.74, 6) is 1.37. The van der Waals surface area contributed by atoms with Gasteiger partial charge in [0.05, 0.1) is 32.8 Å². The van der Waals surface area contributed by atoms with Crippen molar-refractivity contribution in [1.82, 2.24) is 10.3 Å². The number of hydrogen-bond donors (Lipinski definition) is 1. The summed E-state index contributed by atoms with van der Waals surface area (Å²) < 4.78 is 21.7. The minimum Gasteiger partial charge on any atom is -0.493 e. The molecule has 8 heteroatoms. The number of nitrogens with zero attached hydrogens (tertiary/aromatic N) is 1. The van der Waals surface area contributed by atoms with Crippen molar-refractivity contribution in [2.24, 2.45) is 0 Å². The number of benzene rings is 2. The van der Waals surface area contributed by atoms with E-state index in [1.807, 2.05) is 30.3 Å². The topological polar surface area (TPSA) is 96.0 Å². The van der Waals surface area contributed by atoms with Crippen LogP contribution in [0.2, 0.25) is 0 Å². The average Bonchev–Trinajstić information content (AvgIpc) is 2.90. The lowest BCUT2D eigenvalue weighted by Gasteiger charge is -2.20. The first-order valence-electron chi connectivity index (χ1n) is 12.1. The number of methoxy groups -OCH3 is 3. The Morgan fingerprint density at radius 1 is 0.944 bits per heavy atom. The fraction of sp³-hybridized carbons (Fsp3) is 0.393. The zero-order valence-corrected chi connectivity index (χ0v) is 21.5. The first-order valence-corrected chi connectivity index (χ1v) is 12.1. The standard InChI is InChI=1S/C28H34N2O6/c1-6-7-8-9-21(27(31)30-18(2)28(32)35-5)19-10-12-20(13-11-19)36-24-14-15-29-23-17-26(34-4)25(33-3)16-22(23)24/h10-18,21H,6-9H2,1-5H3,(H,30,31). The SMILES string of the molecule is CCCCCC(C(=O)NC(C)C(=O)OC)c1ccc(Oc2ccnc3cc(OC)c(OC)cc23)cc1. The number of amides is 1. The van der Waals surface area contributed by atoms with E-state index in [9.17, 15) is 9.59 Å². The molecule has 0 aliphatic rings. The maximum atomic E-state index is 13.0. The van der Waals surface area contributed by atoms with Gasteiger partial charge in [0.1, 0.15) is 17.5 Å². The number of ether oxygens (including phenoxy) is 4. The molecule has 0 spiro atoms. The Morgan fingerprint density at radius 3 is 2.28 bits per heavy atom. The van der Waals surface area contributed by atoms with Crippen molar-refractivity contribution in [2.45, 2.75) is 51.5 Å². The minimum absolute atomic E-state index is 0.196. The van der Waals surface area contributed by atoms with Gasteiger partial charge in [-0.2, -0.15) is 0 Å². The Balaban J connectivity index is 1.83. The second kappa shape index (κ2) is 12.8. The van der Waals surface area contributed by atoms with Crippen molar-refractivity contribution in [3.8, 4) is 23.0 Å². The van der Waals surface area contributed by atoms with Gasteiger partial charge >= 0.3 is 5.97 Å². The number of fused-ring (bicyclic) bond motifs is 1. The van der Waals surface area contributed by atoms with E-state index in [2.05, 4.69) is 17.2 Å². The Morgan fingerprint density at radius 2 is 1.64 bits per heavy atom. The maximum absolute atomic E-state index is 13.0. The molecular weight excluding hydrogens is 460 g/mol. The number of unbranched alkanes of at least 4 members (excludes halogenated alkanes) is 2. The summed E-state index contributed by atoms with van der Waals surface area (Å²) in [4.78, 5) is 29.2. The molecule has 36 heavy (non-hydrogen) atoms. The van der Waals surface area contributed by atoms with Crippen LogP contribution in [0.4, 0.5) is 0 Å². The van der Waals surface area contributed by atoms with Crippen LogP contribution in [0.1, 0.15) is 51.0 Å². The molecule has 0 bridgehead atoms. The van der Waals surface area contributed by atoms with Gasteiger partial charge in [-0.15, -0.1) is 0 Å². The van der Waals surface area contributed by atoms with E-state index < -0.39 is 12.0 Å². The third kappa shape index (κ3) is 6.44. The maximum Gasteiger partial charge on any atom is 0.328 e. The lowest BCUT2D eigenvalue weighted by atomic mass is 9.92. The quantitative estimate of drug-likeness (QED) is 0.266. The fourth-order valence-corrected chi connectivity index (χ4v) is 4.03. The zero-order chi connectivity index (χ0) is 26.1. The summed E-state index contributed by atoms with van der Waals surface area (Å²) in [5, 5.41) is 3.56. The van der Waals surface area contributed by atoms with Gasteiger partial charge in [0.25, 0.3) is 0 Å². The number of aromatic nitrogens is 1. The molecule has 192 valence electrons. The third-order valence-corrected chi connectivity index (χ3v) is 6.04. The van der Waals surface area contributed by atoms with Gasteiger partial charge in [0.15, 0.2) is 11.5 Å². The molecule has 2 atom stereocenters. The summed E-state index contributed by atoms with van der Waals surface area (Å²) in [6.07, 6.45) is 5.35. The van der Waals surface area contributed by atoms with Gasteiger partial charge < -0.3 is 24.3 Å². The number of carbonyl (C=O) groups excluding carboxylic acids is 2. The first kappa shape index (κ1) is 26.8. The van der Waals surface area contributed by atoms with Crippen LogP contribution in [0.3, 0.4) is 0 Å². The van der Waals surface area contributed by atoms with Crippen molar-refractivity contribution in [1.29, 1.82) is 0 Å². The fourth-order valence-electron chi connectivity index (χ4n) is 4.03. The van der Waals surface area contributed by atoms with Crippen molar-refractivity contribution in [2.75, 3.05) is 21.3 Å². The third-order valence-electron chi connectivity index (χ3n) is 6.04. The molecule has 0 aliphatic heterocycles. The van der Waals surface area contributed by atoms with Crippen molar-refractivity contribution < 1.29 is 28.5 Å². The van der Waals surface area contributed by atoms with Crippen LogP contribution in [-0.4, -0.2) is 44.2 Å². The highest BCUT2D eigenvalue weighted by Crippen LogP contribution is 2.37. The number of carbonyl (C=O) groups is 2. The molecule has 0 saturated heterocycles. The summed E-state index contributed by atoms with van der Waals surface area (Å²) in [5.41, 5.74) is 1.58. The van der Waals surface area contributed by atoms with Crippen LogP contribution in [0, 0.1) is 0 Å². The molecule has 1 N–H and O–H groups in total. The van der Waals surface area contributed by atoms with E-state index in [1.165, 1.54) is 7.11 Å². The van der Waals surface area contributed by atoms with Crippen molar-refractivity contribution >= 4 is 22.8 Å². The van der Waals surface area contributed by atoms with Crippen LogP contribution >= 0.6 is 0 Å². The molecule has 2 aromatic carbocycles. The molecule has 8 nitrogen and oxygen atoms in total. The van der Waals surface area contributed by atoms with Crippen LogP contribution in [0.15, 0.2) is 48.7 Å². The van der Waals surface area contributed by atoms with Gasteiger partial charge in [0, 0.05) is 17.6 Å². The van der Waals surface area contributed by atoms with Crippen LogP contribution in [0.25, 0.3) is 10.9 Å². The number of esters is 1. The highest BCUT2D eigenvalue weighted by Gasteiger charge is 2.24. The highest BCUT2D eigenvalue weighted by atomic mass is 16.5. The summed E-state index contributed by atoms with van der Waals surface area (Å²) in [6.45, 7) is 3.74. The Labute approximate surface area is 211 Å². The molecule has 1 amide bonds. The monoisotopic (exact) mass is 494 g/mol. The van der Waals surface area contributed by atoms with E-state index >= 15 is 0 Å². The molecule has 0 radical (unpaired) electrons. The Hall–Kier alpha value is -3.81. The van der Waals surface area contributed by atoms with Gasteiger partial charge in [-0.3, -0.25) is 9.78 Å². The second-order valence-corrected chi connectivity index (χ2v) is 8.51. The van der Waals surface area contributed by atoms with Gasteiger partial charge in [-0.25, -0.2) is 4.79 Å². The average molecular weight is 495 g/mol. The lowest BCUT2D eigenvalue weighted by Crippen LogP contribution is -2.41. The first-order chi connectivity index (χ1) is 17.4. The van der Waals surface area contributed by atoms with Crippen molar-refractivity contribution in [3.05, 3.63) is 54.2 Å². The Bertz CT molecular complexity index is 1180.